The molecule has 0 spiro atoms. The Balaban J connectivity index is 2.15. The lowest BCUT2D eigenvalue weighted by atomic mass is 10.2. The highest BCUT2D eigenvalue weighted by Gasteiger charge is 2.24. The van der Waals surface area contributed by atoms with Gasteiger partial charge in [-0.3, -0.25) is 9.52 Å². The van der Waals surface area contributed by atoms with E-state index < -0.39 is 42.7 Å². The van der Waals surface area contributed by atoms with Crippen molar-refractivity contribution in [3.8, 4) is 0 Å². The molecule has 0 bridgehead atoms. The Bertz CT molecular complexity index is 1100. The normalized spacial score (nSPS) is 13.0. The van der Waals surface area contributed by atoms with Crippen LogP contribution in [0.25, 0.3) is 0 Å². The first-order valence-corrected chi connectivity index (χ1v) is 11.4. The Labute approximate surface area is 163 Å². The van der Waals surface area contributed by atoms with Crippen LogP contribution in [0.15, 0.2) is 47.4 Å². The lowest BCUT2D eigenvalue weighted by Gasteiger charge is -2.16. The molecular formula is C17H20FN3O5S2. The molecule has 1 atom stereocenters. The number of rotatable bonds is 7. The van der Waals surface area contributed by atoms with Crippen LogP contribution < -0.4 is 14.8 Å². The molecule has 2 rings (SSSR count). The average molecular weight is 429 g/mol. The number of hydrogen-bond donors (Lipinski definition) is 3. The summed E-state index contributed by atoms with van der Waals surface area (Å²) in [7, 11) is -7.75. The molecule has 0 fully saturated rings. The Hall–Kier alpha value is -2.50. The van der Waals surface area contributed by atoms with Crippen molar-refractivity contribution in [3.05, 3.63) is 53.8 Å². The summed E-state index contributed by atoms with van der Waals surface area (Å²) in [6.07, 6.45) is 0.997. The van der Waals surface area contributed by atoms with Crippen molar-refractivity contribution in [2.75, 3.05) is 16.3 Å². The van der Waals surface area contributed by atoms with E-state index in [2.05, 4.69) is 14.8 Å². The summed E-state index contributed by atoms with van der Waals surface area (Å²) in [6, 6.07) is 8.14. The van der Waals surface area contributed by atoms with Crippen LogP contribution in [-0.4, -0.2) is 35.0 Å². The molecule has 2 aromatic rings. The maximum Gasteiger partial charge on any atom is 0.244 e. The molecule has 28 heavy (non-hydrogen) atoms. The minimum atomic E-state index is -4.24. The van der Waals surface area contributed by atoms with Gasteiger partial charge in [0.05, 0.1) is 18.0 Å². The predicted molar refractivity (Wildman–Crippen MR) is 104 cm³/mol. The first-order chi connectivity index (χ1) is 12.9. The number of carbonyl (C=O) groups excluding carboxylic acids is 1. The fraction of sp³-hybridized carbons (Fsp3) is 0.235. The Morgan fingerprint density at radius 1 is 1.07 bits per heavy atom. The molecule has 0 unspecified atom stereocenters. The van der Waals surface area contributed by atoms with Crippen molar-refractivity contribution in [1.82, 2.24) is 4.72 Å². The van der Waals surface area contributed by atoms with Crippen molar-refractivity contribution in [3.63, 3.8) is 0 Å². The SMILES string of the molecule is Cc1ccc(NC(=O)[C@H](C)NS(=O)(=O)c2ccccc2F)cc1NS(C)(=O)=O. The van der Waals surface area contributed by atoms with Crippen LogP contribution in [0.3, 0.4) is 0 Å². The van der Waals surface area contributed by atoms with Crippen molar-refractivity contribution in [2.24, 2.45) is 0 Å². The van der Waals surface area contributed by atoms with Crippen LogP contribution in [0, 0.1) is 12.7 Å². The quantitative estimate of drug-likeness (QED) is 0.620. The minimum Gasteiger partial charge on any atom is -0.325 e. The maximum atomic E-state index is 13.7. The van der Waals surface area contributed by atoms with E-state index in [0.717, 1.165) is 18.4 Å². The van der Waals surface area contributed by atoms with Crippen molar-refractivity contribution >= 4 is 37.3 Å². The number of nitrogens with one attached hydrogen (secondary N) is 3. The number of hydrogen-bond acceptors (Lipinski definition) is 5. The number of benzene rings is 2. The van der Waals surface area contributed by atoms with Gasteiger partial charge in [-0.25, -0.2) is 21.2 Å². The van der Waals surface area contributed by atoms with Gasteiger partial charge < -0.3 is 5.32 Å². The van der Waals surface area contributed by atoms with Gasteiger partial charge in [0.1, 0.15) is 10.7 Å². The molecule has 11 heteroatoms. The smallest absolute Gasteiger partial charge is 0.244 e. The van der Waals surface area contributed by atoms with Gasteiger partial charge in [0.2, 0.25) is 26.0 Å². The van der Waals surface area contributed by atoms with Gasteiger partial charge >= 0.3 is 0 Å². The van der Waals surface area contributed by atoms with Crippen molar-refractivity contribution in [2.45, 2.75) is 24.8 Å². The number of sulfonamides is 2. The summed E-state index contributed by atoms with van der Waals surface area (Å²) in [5, 5.41) is 2.49. The molecule has 1 amide bonds. The summed E-state index contributed by atoms with van der Waals surface area (Å²) in [4.78, 5) is 11.8. The van der Waals surface area contributed by atoms with E-state index in [4.69, 9.17) is 0 Å². The molecule has 2 aromatic carbocycles. The molecule has 0 saturated heterocycles. The number of halogens is 1. The van der Waals surface area contributed by atoms with Crippen LogP contribution in [0.2, 0.25) is 0 Å². The second kappa shape index (κ2) is 8.25. The van der Waals surface area contributed by atoms with Gasteiger partial charge in [-0.15, -0.1) is 0 Å². The highest BCUT2D eigenvalue weighted by atomic mass is 32.2. The summed E-state index contributed by atoms with van der Waals surface area (Å²) < 4.78 is 65.5. The molecule has 0 saturated carbocycles. The zero-order chi connectivity index (χ0) is 21.1. The third kappa shape index (κ3) is 5.75. The minimum absolute atomic E-state index is 0.263. The van der Waals surface area contributed by atoms with Crippen LogP contribution >= 0.6 is 0 Å². The second-order valence-electron chi connectivity index (χ2n) is 6.17. The molecule has 0 heterocycles. The van der Waals surface area contributed by atoms with E-state index in [1.54, 1.807) is 19.1 Å². The molecule has 0 aromatic heterocycles. The molecule has 8 nitrogen and oxygen atoms in total. The molecule has 152 valence electrons. The van der Waals surface area contributed by atoms with Gasteiger partial charge in [-0.1, -0.05) is 18.2 Å². The van der Waals surface area contributed by atoms with E-state index in [1.165, 1.54) is 25.1 Å². The number of amides is 1. The van der Waals surface area contributed by atoms with E-state index in [0.29, 0.717) is 5.56 Å². The molecule has 0 aliphatic carbocycles. The van der Waals surface area contributed by atoms with Gasteiger partial charge in [0, 0.05) is 5.69 Å². The number of aryl methyl sites for hydroxylation is 1. The monoisotopic (exact) mass is 429 g/mol. The largest absolute Gasteiger partial charge is 0.325 e. The Morgan fingerprint density at radius 3 is 2.32 bits per heavy atom. The second-order valence-corrected chi connectivity index (χ2v) is 9.60. The first kappa shape index (κ1) is 21.8. The molecular weight excluding hydrogens is 409 g/mol. The van der Waals surface area contributed by atoms with Crippen molar-refractivity contribution in [1.29, 1.82) is 0 Å². The van der Waals surface area contributed by atoms with Gasteiger partial charge in [0.25, 0.3) is 0 Å². The third-order valence-corrected chi connectivity index (χ3v) is 5.82. The van der Waals surface area contributed by atoms with Gasteiger partial charge in [0.15, 0.2) is 0 Å². The Kier molecular flexibility index (Phi) is 6.42. The van der Waals surface area contributed by atoms with Crippen LogP contribution in [0.5, 0.6) is 0 Å². The van der Waals surface area contributed by atoms with E-state index in [-0.39, 0.29) is 11.4 Å². The summed E-state index contributed by atoms with van der Waals surface area (Å²) >= 11 is 0. The van der Waals surface area contributed by atoms with Gasteiger partial charge in [-0.05, 0) is 43.7 Å². The molecule has 3 N–H and O–H groups in total. The first-order valence-electron chi connectivity index (χ1n) is 8.05. The lowest BCUT2D eigenvalue weighted by molar-refractivity contribution is -0.117. The zero-order valence-electron chi connectivity index (χ0n) is 15.4. The summed E-state index contributed by atoms with van der Waals surface area (Å²) in [5.41, 5.74) is 1.18. The fourth-order valence-corrected chi connectivity index (χ4v) is 4.17. The molecule has 0 aliphatic heterocycles. The van der Waals surface area contributed by atoms with Crippen LogP contribution in [-0.2, 0) is 24.8 Å². The van der Waals surface area contributed by atoms with Gasteiger partial charge in [-0.2, -0.15) is 4.72 Å². The topological polar surface area (TPSA) is 121 Å². The number of carbonyl (C=O) groups is 1. The van der Waals surface area contributed by atoms with E-state index in [1.807, 2.05) is 0 Å². The van der Waals surface area contributed by atoms with Crippen LogP contribution in [0.1, 0.15) is 12.5 Å². The standard InChI is InChI=1S/C17H20FN3O5S2/c1-11-8-9-13(10-15(11)21-27(3,23)24)19-17(22)12(2)20-28(25,26)16-7-5-4-6-14(16)18/h4-10,12,20-21H,1-3H3,(H,19,22)/t12-/m0/s1. The van der Waals surface area contributed by atoms with Crippen molar-refractivity contribution < 1.29 is 26.0 Å². The summed E-state index contributed by atoms with van der Waals surface area (Å²) in [6.45, 7) is 2.99. The number of anilines is 2. The van der Waals surface area contributed by atoms with E-state index in [9.17, 15) is 26.0 Å². The van der Waals surface area contributed by atoms with Crippen LogP contribution in [0.4, 0.5) is 15.8 Å². The third-order valence-electron chi connectivity index (χ3n) is 3.65. The highest BCUT2D eigenvalue weighted by Crippen LogP contribution is 2.21. The highest BCUT2D eigenvalue weighted by molar-refractivity contribution is 7.92. The Morgan fingerprint density at radius 2 is 1.71 bits per heavy atom. The average Bonchev–Trinajstić information content (AvgIpc) is 2.56. The maximum absolute atomic E-state index is 13.7. The van der Waals surface area contributed by atoms with E-state index >= 15 is 0 Å². The lowest BCUT2D eigenvalue weighted by Crippen LogP contribution is -2.41. The zero-order valence-corrected chi connectivity index (χ0v) is 17.0. The summed E-state index contributed by atoms with van der Waals surface area (Å²) in [5.74, 6) is -1.63. The molecule has 0 aliphatic rings. The molecule has 0 radical (unpaired) electrons. The fourth-order valence-electron chi connectivity index (χ4n) is 2.27. The predicted octanol–water partition coefficient (Wildman–Crippen LogP) is 1.81.